The first-order valence-electron chi connectivity index (χ1n) is 9.67. The van der Waals surface area contributed by atoms with E-state index < -0.39 is 0 Å². The summed E-state index contributed by atoms with van der Waals surface area (Å²) in [6.45, 7) is 3.44. The van der Waals surface area contributed by atoms with E-state index in [1.165, 1.54) is 0 Å². The minimum Gasteiger partial charge on any atom is -0.484 e. The molecule has 7 heteroatoms. The first kappa shape index (κ1) is 18.1. The van der Waals surface area contributed by atoms with Crippen LogP contribution in [0.25, 0.3) is 0 Å². The van der Waals surface area contributed by atoms with Gasteiger partial charge in [-0.2, -0.15) is 0 Å². The number of piperidine rings is 1. The van der Waals surface area contributed by atoms with Gasteiger partial charge in [-0.3, -0.25) is 4.79 Å². The van der Waals surface area contributed by atoms with Crippen LogP contribution in [-0.2, 0) is 9.53 Å². The second-order valence-corrected chi connectivity index (χ2v) is 7.75. The number of hydrogen-bond donors (Lipinski definition) is 0. The van der Waals surface area contributed by atoms with Crippen molar-refractivity contribution < 1.29 is 19.1 Å². The average Bonchev–Trinajstić information content (AvgIpc) is 3.25. The topological polar surface area (TPSA) is 62.3 Å². The molecule has 0 saturated carbocycles. The molecule has 4 rings (SSSR count). The van der Waals surface area contributed by atoms with Crippen LogP contribution in [0.1, 0.15) is 19.3 Å². The third-order valence-electron chi connectivity index (χ3n) is 5.95. The molecule has 1 unspecified atom stereocenters. The maximum Gasteiger partial charge on any atom is 0.320 e. The predicted molar refractivity (Wildman–Crippen MR) is 99.6 cm³/mol. The molecular formula is C20H27N3O4. The predicted octanol–water partition coefficient (Wildman–Crippen LogP) is 1.58. The zero-order chi connectivity index (χ0) is 18.9. The van der Waals surface area contributed by atoms with E-state index in [0.29, 0.717) is 32.1 Å². The molecule has 0 aliphatic carbocycles. The summed E-state index contributed by atoms with van der Waals surface area (Å²) in [7, 11) is 1.86. The van der Waals surface area contributed by atoms with Gasteiger partial charge in [-0.15, -0.1) is 0 Å². The highest BCUT2D eigenvalue weighted by Crippen LogP contribution is 2.37. The van der Waals surface area contributed by atoms with Crippen LogP contribution in [0.5, 0.6) is 5.75 Å². The van der Waals surface area contributed by atoms with Crippen LogP contribution in [0.15, 0.2) is 30.3 Å². The van der Waals surface area contributed by atoms with Crippen molar-refractivity contribution in [1.82, 2.24) is 14.7 Å². The molecule has 1 aromatic carbocycles. The third kappa shape index (κ3) is 3.48. The largest absolute Gasteiger partial charge is 0.484 e. The normalized spacial score (nSPS) is 26.3. The zero-order valence-electron chi connectivity index (χ0n) is 15.8. The Bertz CT molecular complexity index is 682. The maximum atomic E-state index is 12.7. The van der Waals surface area contributed by atoms with Gasteiger partial charge in [0.25, 0.3) is 5.91 Å². The van der Waals surface area contributed by atoms with Crippen molar-refractivity contribution in [1.29, 1.82) is 0 Å². The number of urea groups is 1. The lowest BCUT2D eigenvalue weighted by Gasteiger charge is -2.42. The number of rotatable bonds is 4. The van der Waals surface area contributed by atoms with Crippen molar-refractivity contribution >= 4 is 11.9 Å². The molecule has 3 heterocycles. The number of likely N-dealkylation sites (N-methyl/N-ethyl adjacent to an activating group) is 1. The van der Waals surface area contributed by atoms with Gasteiger partial charge in [0.15, 0.2) is 6.61 Å². The van der Waals surface area contributed by atoms with Gasteiger partial charge in [0.05, 0.1) is 12.1 Å². The Kier molecular flexibility index (Phi) is 4.95. The van der Waals surface area contributed by atoms with Crippen LogP contribution in [0.4, 0.5) is 4.79 Å². The van der Waals surface area contributed by atoms with Crippen molar-refractivity contribution in [3.05, 3.63) is 30.3 Å². The van der Waals surface area contributed by atoms with Gasteiger partial charge in [-0.1, -0.05) is 18.2 Å². The lowest BCUT2D eigenvalue weighted by atomic mass is 9.93. The highest BCUT2D eigenvalue weighted by atomic mass is 16.5. The lowest BCUT2D eigenvalue weighted by molar-refractivity contribution is -0.135. The summed E-state index contributed by atoms with van der Waals surface area (Å²) in [6, 6.07) is 9.64. The van der Waals surface area contributed by atoms with Crippen LogP contribution in [0.3, 0.4) is 0 Å². The van der Waals surface area contributed by atoms with E-state index >= 15 is 0 Å². The summed E-state index contributed by atoms with van der Waals surface area (Å²) in [5.74, 6) is 0.704. The maximum absolute atomic E-state index is 12.7. The highest BCUT2D eigenvalue weighted by molar-refractivity contribution is 5.79. The Morgan fingerprint density at radius 1 is 1.26 bits per heavy atom. The number of benzene rings is 1. The standard InChI is InChI=1S/C20H27N3O4/c1-21-14-20(9-12-26-15-20)23(19(21)25)16-7-10-22(11-8-16)18(24)13-27-17-5-3-2-4-6-17/h2-6,16H,7-15H2,1H3. The summed E-state index contributed by atoms with van der Waals surface area (Å²) in [4.78, 5) is 30.9. The molecule has 1 aromatic rings. The van der Waals surface area contributed by atoms with E-state index in [9.17, 15) is 9.59 Å². The summed E-state index contributed by atoms with van der Waals surface area (Å²) >= 11 is 0. The van der Waals surface area contributed by atoms with E-state index in [2.05, 4.69) is 4.90 Å². The number of carbonyl (C=O) groups excluding carboxylic acids is 2. The van der Waals surface area contributed by atoms with Crippen LogP contribution >= 0.6 is 0 Å². The molecule has 0 radical (unpaired) electrons. The van der Waals surface area contributed by atoms with Gasteiger partial charge >= 0.3 is 6.03 Å². The third-order valence-corrected chi connectivity index (χ3v) is 5.95. The summed E-state index contributed by atoms with van der Waals surface area (Å²) in [5.41, 5.74) is -0.181. The number of nitrogens with zero attached hydrogens (tertiary/aromatic N) is 3. The van der Waals surface area contributed by atoms with Gasteiger partial charge in [-0.25, -0.2) is 4.79 Å². The fourth-order valence-electron chi connectivity index (χ4n) is 4.55. The van der Waals surface area contributed by atoms with Crippen LogP contribution < -0.4 is 4.74 Å². The van der Waals surface area contributed by atoms with E-state index in [1.807, 2.05) is 42.3 Å². The van der Waals surface area contributed by atoms with E-state index in [1.54, 1.807) is 4.90 Å². The fraction of sp³-hybridized carbons (Fsp3) is 0.600. The van der Waals surface area contributed by atoms with Gasteiger partial charge in [0, 0.05) is 39.3 Å². The first-order chi connectivity index (χ1) is 13.1. The molecule has 146 valence electrons. The molecule has 0 N–H and O–H groups in total. The van der Waals surface area contributed by atoms with Gasteiger partial charge < -0.3 is 24.2 Å². The molecule has 3 fully saturated rings. The number of likely N-dealkylation sites (tertiary alicyclic amines) is 1. The molecule has 7 nitrogen and oxygen atoms in total. The molecule has 1 spiro atoms. The zero-order valence-corrected chi connectivity index (χ0v) is 15.8. The fourth-order valence-corrected chi connectivity index (χ4v) is 4.55. The first-order valence-corrected chi connectivity index (χ1v) is 9.67. The smallest absolute Gasteiger partial charge is 0.320 e. The molecule has 3 aliphatic heterocycles. The van der Waals surface area contributed by atoms with Crippen molar-refractivity contribution in [3.8, 4) is 5.75 Å². The number of para-hydroxylation sites is 1. The molecule has 0 bridgehead atoms. The van der Waals surface area contributed by atoms with Gasteiger partial charge in [-0.05, 0) is 31.4 Å². The summed E-state index contributed by atoms with van der Waals surface area (Å²) in [6.07, 6.45) is 2.50. The molecule has 3 saturated heterocycles. The van der Waals surface area contributed by atoms with Crippen molar-refractivity contribution in [2.75, 3.05) is 46.5 Å². The Labute approximate surface area is 159 Å². The minimum atomic E-state index is -0.181. The highest BCUT2D eigenvalue weighted by Gasteiger charge is 2.53. The quantitative estimate of drug-likeness (QED) is 0.804. The van der Waals surface area contributed by atoms with Crippen molar-refractivity contribution in [3.63, 3.8) is 0 Å². The van der Waals surface area contributed by atoms with Crippen molar-refractivity contribution in [2.45, 2.75) is 30.8 Å². The molecule has 3 aliphatic rings. The minimum absolute atomic E-state index is 0.00100. The lowest BCUT2D eigenvalue weighted by Crippen LogP contribution is -2.56. The second kappa shape index (κ2) is 7.38. The molecular weight excluding hydrogens is 346 g/mol. The molecule has 27 heavy (non-hydrogen) atoms. The van der Waals surface area contributed by atoms with E-state index in [4.69, 9.17) is 9.47 Å². The Morgan fingerprint density at radius 2 is 2.00 bits per heavy atom. The summed E-state index contributed by atoms with van der Waals surface area (Å²) < 4.78 is 11.2. The Balaban J connectivity index is 1.33. The average molecular weight is 373 g/mol. The second-order valence-electron chi connectivity index (χ2n) is 7.75. The van der Waals surface area contributed by atoms with Crippen LogP contribution in [0, 0.1) is 0 Å². The number of hydrogen-bond acceptors (Lipinski definition) is 4. The van der Waals surface area contributed by atoms with Crippen molar-refractivity contribution in [2.24, 2.45) is 0 Å². The van der Waals surface area contributed by atoms with Crippen LogP contribution in [0.2, 0.25) is 0 Å². The SMILES string of the molecule is CN1CC2(CCOC2)N(C2CCN(C(=O)COc3ccccc3)CC2)C1=O. The van der Waals surface area contributed by atoms with E-state index in [-0.39, 0.29) is 30.1 Å². The van der Waals surface area contributed by atoms with Crippen LogP contribution in [-0.4, -0.2) is 84.7 Å². The Hall–Kier alpha value is -2.28. The van der Waals surface area contributed by atoms with Gasteiger partial charge in [0.1, 0.15) is 5.75 Å². The molecule has 1 atom stereocenters. The number of amides is 3. The molecule has 3 amide bonds. The number of ether oxygens (including phenoxy) is 2. The van der Waals surface area contributed by atoms with E-state index in [0.717, 1.165) is 25.8 Å². The van der Waals surface area contributed by atoms with Gasteiger partial charge in [0.2, 0.25) is 0 Å². The monoisotopic (exact) mass is 373 g/mol. The Morgan fingerprint density at radius 3 is 2.67 bits per heavy atom. The molecule has 0 aromatic heterocycles. The summed E-state index contributed by atoms with van der Waals surface area (Å²) in [5, 5.41) is 0. The number of carbonyl (C=O) groups is 2.